The molecule has 1 atom stereocenters. The summed E-state index contributed by atoms with van der Waals surface area (Å²) in [5.41, 5.74) is 0.915. The van der Waals surface area contributed by atoms with E-state index < -0.39 is 0 Å². The van der Waals surface area contributed by atoms with Crippen molar-refractivity contribution in [2.24, 2.45) is 0 Å². The van der Waals surface area contributed by atoms with Gasteiger partial charge in [-0.1, -0.05) is 17.7 Å². The zero-order chi connectivity index (χ0) is 13.8. The number of methoxy groups -OCH3 is 1. The molecular formula is C14H15ClFNOS. The van der Waals surface area contributed by atoms with Gasteiger partial charge in [0.2, 0.25) is 0 Å². The maximum Gasteiger partial charge on any atom is 0.134 e. The second-order valence-electron chi connectivity index (χ2n) is 4.13. The van der Waals surface area contributed by atoms with E-state index in [0.29, 0.717) is 11.4 Å². The highest BCUT2D eigenvalue weighted by molar-refractivity contribution is 7.10. The van der Waals surface area contributed by atoms with E-state index in [1.165, 1.54) is 12.1 Å². The van der Waals surface area contributed by atoms with Gasteiger partial charge in [-0.2, -0.15) is 0 Å². The molecule has 1 unspecified atom stereocenters. The van der Waals surface area contributed by atoms with Gasteiger partial charge in [-0.25, -0.2) is 4.39 Å². The van der Waals surface area contributed by atoms with Crippen LogP contribution in [0.1, 0.15) is 16.5 Å². The van der Waals surface area contributed by atoms with Gasteiger partial charge in [0, 0.05) is 11.1 Å². The lowest BCUT2D eigenvalue weighted by Crippen LogP contribution is -2.18. The van der Waals surface area contributed by atoms with Gasteiger partial charge in [0.15, 0.2) is 0 Å². The van der Waals surface area contributed by atoms with Crippen molar-refractivity contribution >= 4 is 22.9 Å². The highest BCUT2D eigenvalue weighted by Gasteiger charge is 2.17. The minimum atomic E-state index is -0.316. The van der Waals surface area contributed by atoms with Crippen LogP contribution in [-0.2, 0) is 6.42 Å². The lowest BCUT2D eigenvalue weighted by Gasteiger charge is -2.17. The third-order valence-electron chi connectivity index (χ3n) is 2.98. The summed E-state index contributed by atoms with van der Waals surface area (Å²) in [6.07, 6.45) is 0.687. The second kappa shape index (κ2) is 6.37. The van der Waals surface area contributed by atoms with Crippen molar-refractivity contribution in [2.45, 2.75) is 12.5 Å². The number of benzene rings is 1. The van der Waals surface area contributed by atoms with Crippen LogP contribution in [0, 0.1) is 5.82 Å². The molecular weight excluding hydrogens is 285 g/mol. The molecule has 1 aromatic heterocycles. The number of hydrogen-bond donors (Lipinski definition) is 1. The van der Waals surface area contributed by atoms with Crippen molar-refractivity contribution < 1.29 is 9.13 Å². The van der Waals surface area contributed by atoms with Crippen LogP contribution in [0.5, 0.6) is 5.75 Å². The van der Waals surface area contributed by atoms with E-state index in [4.69, 9.17) is 16.3 Å². The topological polar surface area (TPSA) is 21.3 Å². The summed E-state index contributed by atoms with van der Waals surface area (Å²) in [6.45, 7) is 0. The van der Waals surface area contributed by atoms with E-state index in [9.17, 15) is 4.39 Å². The maximum absolute atomic E-state index is 13.0. The molecule has 5 heteroatoms. The molecule has 1 aromatic carbocycles. The Morgan fingerprint density at radius 2 is 2.21 bits per heavy atom. The van der Waals surface area contributed by atoms with Crippen LogP contribution in [0.3, 0.4) is 0 Å². The Morgan fingerprint density at radius 1 is 1.42 bits per heavy atom. The van der Waals surface area contributed by atoms with Crippen LogP contribution in [0.2, 0.25) is 5.02 Å². The lowest BCUT2D eigenvalue weighted by molar-refractivity contribution is 0.405. The van der Waals surface area contributed by atoms with E-state index in [1.54, 1.807) is 24.5 Å². The molecule has 2 nitrogen and oxygen atoms in total. The van der Waals surface area contributed by atoms with Crippen LogP contribution >= 0.6 is 22.9 Å². The first-order chi connectivity index (χ1) is 9.15. The van der Waals surface area contributed by atoms with E-state index in [0.717, 1.165) is 16.2 Å². The Hall–Kier alpha value is -1.10. The van der Waals surface area contributed by atoms with Gasteiger partial charge in [0.05, 0.1) is 12.0 Å². The molecule has 0 bridgehead atoms. The molecule has 2 aromatic rings. The average molecular weight is 300 g/mol. The predicted octanol–water partition coefficient (Wildman–Crippen LogP) is 4.05. The number of rotatable bonds is 5. The Kier molecular flexibility index (Phi) is 4.80. The van der Waals surface area contributed by atoms with Gasteiger partial charge in [0.25, 0.3) is 0 Å². The zero-order valence-electron chi connectivity index (χ0n) is 10.7. The monoisotopic (exact) mass is 299 g/mol. The molecule has 0 radical (unpaired) electrons. The van der Waals surface area contributed by atoms with Crippen molar-refractivity contribution in [1.29, 1.82) is 0 Å². The molecule has 0 aliphatic heterocycles. The zero-order valence-corrected chi connectivity index (χ0v) is 12.3. The molecule has 19 heavy (non-hydrogen) atoms. The molecule has 0 spiro atoms. The number of likely N-dealkylation sites (N-methyl/N-ethyl adjacent to an activating group) is 1. The van der Waals surface area contributed by atoms with Crippen LogP contribution in [0.4, 0.5) is 4.39 Å². The average Bonchev–Trinajstić information content (AvgIpc) is 2.86. The fraction of sp³-hybridized carbons (Fsp3) is 0.286. The van der Waals surface area contributed by atoms with Crippen molar-refractivity contribution in [3.05, 3.63) is 50.9 Å². The van der Waals surface area contributed by atoms with Gasteiger partial charge in [-0.15, -0.1) is 11.3 Å². The second-order valence-corrected chi connectivity index (χ2v) is 5.49. The molecule has 102 valence electrons. The Balaban J connectivity index is 2.24. The third kappa shape index (κ3) is 3.26. The first-order valence-corrected chi connectivity index (χ1v) is 7.14. The number of nitrogens with one attached hydrogen (secondary N) is 1. The summed E-state index contributed by atoms with van der Waals surface area (Å²) >= 11 is 7.70. The fourth-order valence-electron chi connectivity index (χ4n) is 1.96. The third-order valence-corrected chi connectivity index (χ3v) is 4.34. The summed E-state index contributed by atoms with van der Waals surface area (Å²) in [7, 11) is 3.55. The van der Waals surface area contributed by atoms with Crippen LogP contribution in [0.25, 0.3) is 0 Å². The lowest BCUT2D eigenvalue weighted by atomic mass is 10.0. The highest BCUT2D eigenvalue weighted by atomic mass is 35.5. The Morgan fingerprint density at radius 3 is 2.84 bits per heavy atom. The summed E-state index contributed by atoms with van der Waals surface area (Å²) in [4.78, 5) is 1.12. The van der Waals surface area contributed by atoms with E-state index in [-0.39, 0.29) is 11.9 Å². The molecule has 0 aliphatic carbocycles. The first-order valence-electron chi connectivity index (χ1n) is 5.88. The molecule has 2 rings (SSSR count). The standard InChI is InChI=1S/C14H15ClFNOS/c1-17-12(14-13(18-2)5-6-19-14)7-9-3-4-10(16)8-11(9)15/h3-6,8,12,17H,7H2,1-2H3. The number of halogens is 2. The highest BCUT2D eigenvalue weighted by Crippen LogP contribution is 2.33. The Labute approximate surface area is 121 Å². The van der Waals surface area contributed by atoms with E-state index in [2.05, 4.69) is 5.32 Å². The SMILES string of the molecule is CNC(Cc1ccc(F)cc1Cl)c1sccc1OC. The molecule has 0 saturated carbocycles. The molecule has 1 N–H and O–H groups in total. The number of hydrogen-bond acceptors (Lipinski definition) is 3. The normalized spacial score (nSPS) is 12.4. The maximum atomic E-state index is 13.0. The van der Waals surface area contributed by atoms with Crippen LogP contribution in [0.15, 0.2) is 29.6 Å². The number of thiophene rings is 1. The quantitative estimate of drug-likeness (QED) is 0.899. The summed E-state index contributed by atoms with van der Waals surface area (Å²) < 4.78 is 18.4. The molecule has 0 fully saturated rings. The summed E-state index contributed by atoms with van der Waals surface area (Å²) in [6, 6.07) is 6.53. The minimum Gasteiger partial charge on any atom is -0.496 e. The predicted molar refractivity (Wildman–Crippen MR) is 77.8 cm³/mol. The first kappa shape index (κ1) is 14.3. The smallest absolute Gasteiger partial charge is 0.134 e. The largest absolute Gasteiger partial charge is 0.496 e. The minimum absolute atomic E-state index is 0.0953. The van der Waals surface area contributed by atoms with Crippen LogP contribution < -0.4 is 10.1 Å². The molecule has 0 saturated heterocycles. The molecule has 0 aliphatic rings. The van der Waals surface area contributed by atoms with Gasteiger partial charge >= 0.3 is 0 Å². The van der Waals surface area contributed by atoms with Crippen LogP contribution in [-0.4, -0.2) is 14.2 Å². The number of ether oxygens (including phenoxy) is 1. The fourth-order valence-corrected chi connectivity index (χ4v) is 3.18. The van der Waals surface area contributed by atoms with Gasteiger partial charge in [-0.3, -0.25) is 0 Å². The molecule has 0 amide bonds. The van der Waals surface area contributed by atoms with Crippen molar-refractivity contribution in [3.8, 4) is 5.75 Å². The Bertz CT molecular complexity index is 558. The summed E-state index contributed by atoms with van der Waals surface area (Å²) in [5.74, 6) is 0.547. The van der Waals surface area contributed by atoms with E-state index in [1.807, 2.05) is 18.5 Å². The van der Waals surface area contributed by atoms with Gasteiger partial charge in [-0.05, 0) is 42.6 Å². The van der Waals surface area contributed by atoms with Crippen molar-refractivity contribution in [1.82, 2.24) is 5.32 Å². The molecule has 1 heterocycles. The van der Waals surface area contributed by atoms with Crippen molar-refractivity contribution in [3.63, 3.8) is 0 Å². The van der Waals surface area contributed by atoms with Gasteiger partial charge in [0.1, 0.15) is 11.6 Å². The van der Waals surface area contributed by atoms with Gasteiger partial charge < -0.3 is 10.1 Å². The van der Waals surface area contributed by atoms with Crippen molar-refractivity contribution in [2.75, 3.05) is 14.2 Å². The summed E-state index contributed by atoms with van der Waals surface area (Å²) in [5, 5.41) is 5.69. The van der Waals surface area contributed by atoms with E-state index >= 15 is 0 Å².